The number of nitrogens with zero attached hydrogens (tertiary/aromatic N) is 4. The molecule has 0 saturated carbocycles. The molecule has 0 saturated heterocycles. The van der Waals surface area contributed by atoms with Crippen LogP contribution in [0, 0.1) is 0 Å². The molecule has 16 rings (SSSR count). The Balaban J connectivity index is 0.807. The van der Waals surface area contributed by atoms with Crippen LogP contribution in [0.5, 0.6) is 0 Å². The SMILES string of the molecule is c1ccc(-n2c3ccccc3c3cc(-c4cc5c(cn4)-c4cc(-c6ccc7c(c6)c6ccc(-c8cc9c(cn8)-c8cccc%10cccc-9c8%10)cc6n7-c6ccccc6)cc6cccc-5c46)ccc32)cc1. The van der Waals surface area contributed by atoms with Gasteiger partial charge in [0.05, 0.1) is 33.5 Å². The van der Waals surface area contributed by atoms with Crippen molar-refractivity contribution in [1.29, 1.82) is 0 Å². The first-order chi connectivity index (χ1) is 34.7. The van der Waals surface area contributed by atoms with E-state index >= 15 is 0 Å². The molecule has 0 fully saturated rings. The van der Waals surface area contributed by atoms with Gasteiger partial charge >= 0.3 is 0 Å². The maximum atomic E-state index is 5.20. The molecule has 0 atom stereocenters. The van der Waals surface area contributed by atoms with Gasteiger partial charge in [0, 0.05) is 67.6 Å². The van der Waals surface area contributed by atoms with Gasteiger partial charge in [-0.05, 0) is 151 Å². The summed E-state index contributed by atoms with van der Waals surface area (Å²) in [6, 6.07) is 80.0. The minimum absolute atomic E-state index is 0.972. The zero-order chi connectivity index (χ0) is 45.6. The summed E-state index contributed by atoms with van der Waals surface area (Å²) >= 11 is 0. The Morgan fingerprint density at radius 2 is 0.757 bits per heavy atom. The lowest BCUT2D eigenvalue weighted by atomic mass is 9.95. The summed E-state index contributed by atoms with van der Waals surface area (Å²) in [6.45, 7) is 0. The van der Waals surface area contributed by atoms with Gasteiger partial charge in [0.2, 0.25) is 0 Å². The van der Waals surface area contributed by atoms with Crippen LogP contribution >= 0.6 is 0 Å². The fourth-order valence-electron chi connectivity index (χ4n) is 12.1. The van der Waals surface area contributed by atoms with E-state index in [9.17, 15) is 0 Å². The second-order valence-electron chi connectivity index (χ2n) is 18.9. The molecule has 0 unspecified atom stereocenters. The lowest BCUT2D eigenvalue weighted by Crippen LogP contribution is -1.94. The van der Waals surface area contributed by atoms with Crippen molar-refractivity contribution in [1.82, 2.24) is 19.1 Å². The van der Waals surface area contributed by atoms with Gasteiger partial charge in [0.25, 0.3) is 0 Å². The molecule has 2 aliphatic rings. The van der Waals surface area contributed by atoms with Crippen molar-refractivity contribution in [2.45, 2.75) is 0 Å². The van der Waals surface area contributed by atoms with Crippen LogP contribution in [0.15, 0.2) is 231 Å². The lowest BCUT2D eigenvalue weighted by molar-refractivity contribution is 1.18. The number of hydrogen-bond donors (Lipinski definition) is 0. The fraction of sp³-hybridized carbons (Fsp3) is 0. The zero-order valence-electron chi connectivity index (χ0n) is 37.7. The summed E-state index contributed by atoms with van der Waals surface area (Å²) in [6.07, 6.45) is 4.17. The molecule has 0 spiro atoms. The summed E-state index contributed by atoms with van der Waals surface area (Å²) in [7, 11) is 0. The van der Waals surface area contributed by atoms with Crippen LogP contribution in [-0.4, -0.2) is 19.1 Å². The first kappa shape index (κ1) is 37.7. The minimum Gasteiger partial charge on any atom is -0.309 e. The molecular weight excluding hydrogens is 849 g/mol. The second kappa shape index (κ2) is 14.1. The zero-order valence-corrected chi connectivity index (χ0v) is 37.7. The van der Waals surface area contributed by atoms with Gasteiger partial charge in [0.1, 0.15) is 0 Å². The Morgan fingerprint density at radius 1 is 0.257 bits per heavy atom. The number of rotatable bonds is 5. The number of aromatic nitrogens is 4. The van der Waals surface area contributed by atoms with Crippen molar-refractivity contribution < 1.29 is 0 Å². The van der Waals surface area contributed by atoms with Crippen LogP contribution in [-0.2, 0) is 0 Å². The van der Waals surface area contributed by atoms with E-state index in [1.54, 1.807) is 0 Å². The Morgan fingerprint density at radius 3 is 1.44 bits per heavy atom. The second-order valence-corrected chi connectivity index (χ2v) is 18.9. The predicted molar refractivity (Wildman–Crippen MR) is 291 cm³/mol. The van der Waals surface area contributed by atoms with E-state index in [0.29, 0.717) is 0 Å². The Hall–Kier alpha value is -9.38. The summed E-state index contributed by atoms with van der Waals surface area (Å²) in [5.74, 6) is 0. The molecule has 0 radical (unpaired) electrons. The molecule has 0 amide bonds. The average Bonchev–Trinajstić information content (AvgIpc) is 4.14. The van der Waals surface area contributed by atoms with E-state index in [1.165, 1.54) is 115 Å². The molecule has 70 heavy (non-hydrogen) atoms. The van der Waals surface area contributed by atoms with Crippen LogP contribution in [0.2, 0.25) is 0 Å². The molecule has 0 aliphatic heterocycles. The van der Waals surface area contributed by atoms with Crippen molar-refractivity contribution in [3.63, 3.8) is 0 Å². The minimum atomic E-state index is 0.972. The van der Waals surface area contributed by atoms with Gasteiger partial charge in [-0.1, -0.05) is 133 Å². The monoisotopic (exact) mass is 886 g/mol. The first-order valence-corrected chi connectivity index (χ1v) is 24.0. The third kappa shape index (κ3) is 5.25. The highest BCUT2D eigenvalue weighted by atomic mass is 15.0. The molecule has 4 nitrogen and oxygen atoms in total. The van der Waals surface area contributed by atoms with E-state index in [4.69, 9.17) is 9.97 Å². The number of fused-ring (bicyclic) bond motifs is 12. The first-order valence-electron chi connectivity index (χ1n) is 24.0. The maximum Gasteiger partial charge on any atom is 0.0709 e. The average molecular weight is 887 g/mol. The van der Waals surface area contributed by atoms with Gasteiger partial charge in [-0.15, -0.1) is 0 Å². The van der Waals surface area contributed by atoms with Crippen molar-refractivity contribution >= 4 is 65.2 Å². The highest BCUT2D eigenvalue weighted by molar-refractivity contribution is 6.19. The molecule has 0 bridgehead atoms. The van der Waals surface area contributed by atoms with Crippen molar-refractivity contribution in [3.05, 3.63) is 231 Å². The summed E-state index contributed by atoms with van der Waals surface area (Å²) in [4.78, 5) is 10.3. The maximum absolute atomic E-state index is 5.20. The molecule has 322 valence electrons. The highest BCUT2D eigenvalue weighted by Crippen LogP contribution is 2.51. The van der Waals surface area contributed by atoms with Gasteiger partial charge in [-0.2, -0.15) is 0 Å². The molecule has 4 heterocycles. The molecule has 10 aromatic carbocycles. The van der Waals surface area contributed by atoms with Gasteiger partial charge in [-0.25, -0.2) is 0 Å². The summed E-state index contributed by atoms with van der Waals surface area (Å²) in [5, 5.41) is 9.99. The van der Waals surface area contributed by atoms with Gasteiger partial charge in [0.15, 0.2) is 0 Å². The number of benzene rings is 10. The van der Waals surface area contributed by atoms with Crippen molar-refractivity contribution in [2.75, 3.05) is 0 Å². The fourth-order valence-corrected chi connectivity index (χ4v) is 12.1. The van der Waals surface area contributed by atoms with E-state index < -0.39 is 0 Å². The van der Waals surface area contributed by atoms with Crippen LogP contribution in [0.1, 0.15) is 0 Å². The van der Waals surface area contributed by atoms with Crippen LogP contribution in [0.3, 0.4) is 0 Å². The third-order valence-corrected chi connectivity index (χ3v) is 15.2. The standard InChI is InChI=1S/C66H38N4/c1-3-15-45(16-4-1)69-61-23-8-7-19-47(61)55-32-41(26-29-62(55)69)59-36-53-50-21-11-14-43-30-44(33-56(66(43)50)58(53)38-68-59)40-25-28-63-54(31-40)48-27-24-42(34-64(48)70(63)46-17-5-2-6-18-46)60-35-52-49-20-9-12-39-13-10-22-51(65(39)49)57(52)37-67-60/h1-38H. The highest BCUT2D eigenvalue weighted by Gasteiger charge is 2.26. The molecule has 4 aromatic heterocycles. The lowest BCUT2D eigenvalue weighted by Gasteiger charge is -2.10. The van der Waals surface area contributed by atoms with Crippen LogP contribution in [0.25, 0.3) is 155 Å². The van der Waals surface area contributed by atoms with E-state index in [2.05, 4.69) is 240 Å². The normalized spacial score (nSPS) is 12.3. The largest absolute Gasteiger partial charge is 0.309 e. The van der Waals surface area contributed by atoms with Crippen molar-refractivity contribution in [2.24, 2.45) is 0 Å². The van der Waals surface area contributed by atoms with Gasteiger partial charge in [-0.3, -0.25) is 9.97 Å². The molecule has 14 aromatic rings. The number of pyridine rings is 2. The quantitative estimate of drug-likeness (QED) is 0.173. The van der Waals surface area contributed by atoms with Crippen molar-refractivity contribution in [3.8, 4) is 89.5 Å². The number of para-hydroxylation sites is 3. The Labute approximate surface area is 402 Å². The summed E-state index contributed by atoms with van der Waals surface area (Å²) < 4.78 is 4.77. The van der Waals surface area contributed by atoms with E-state index in [1.807, 2.05) is 0 Å². The molecule has 2 aliphatic carbocycles. The van der Waals surface area contributed by atoms with Gasteiger partial charge < -0.3 is 9.13 Å². The van der Waals surface area contributed by atoms with Crippen LogP contribution < -0.4 is 0 Å². The third-order valence-electron chi connectivity index (χ3n) is 15.2. The van der Waals surface area contributed by atoms with Crippen LogP contribution in [0.4, 0.5) is 0 Å². The van der Waals surface area contributed by atoms with E-state index in [-0.39, 0.29) is 0 Å². The molecular formula is C66H38N4. The Kier molecular flexibility index (Phi) is 7.58. The topological polar surface area (TPSA) is 35.6 Å². The summed E-state index contributed by atoms with van der Waals surface area (Å²) in [5.41, 5.74) is 23.4. The predicted octanol–water partition coefficient (Wildman–Crippen LogP) is 17.3. The van der Waals surface area contributed by atoms with E-state index in [0.717, 1.165) is 39.4 Å². The molecule has 4 heteroatoms. The smallest absolute Gasteiger partial charge is 0.0709 e. The molecule has 0 N–H and O–H groups in total. The number of hydrogen-bond acceptors (Lipinski definition) is 2. The Bertz CT molecular complexity index is 4570.